The molecule has 0 aliphatic heterocycles. The molecule has 0 heterocycles. The normalized spacial score (nSPS) is 10.7. The van der Waals surface area contributed by atoms with Crippen LogP contribution in [0.4, 0.5) is 14.5 Å². The molecule has 17 heavy (non-hydrogen) atoms. The van der Waals surface area contributed by atoms with E-state index in [1.54, 1.807) is 11.0 Å². The Labute approximate surface area is 100 Å². The minimum atomic E-state index is -0.662. The fraction of sp³-hybridized carbons (Fsp3) is 0.385. The van der Waals surface area contributed by atoms with E-state index in [0.717, 1.165) is 12.1 Å². The fourth-order valence-corrected chi connectivity index (χ4v) is 1.68. The number of hydrogen-bond donors (Lipinski definition) is 1. The second kappa shape index (κ2) is 5.77. The van der Waals surface area contributed by atoms with Crippen LogP contribution in [0.5, 0.6) is 0 Å². The monoisotopic (exact) mass is 241 g/mol. The number of rotatable bonds is 5. The van der Waals surface area contributed by atoms with Gasteiger partial charge in [0.1, 0.15) is 17.3 Å². The van der Waals surface area contributed by atoms with Crippen LogP contribution in [0.15, 0.2) is 24.8 Å². The molecular weight excluding hydrogens is 224 g/mol. The van der Waals surface area contributed by atoms with Crippen LogP contribution in [-0.4, -0.2) is 17.7 Å². The highest BCUT2D eigenvalue weighted by molar-refractivity contribution is 5.51. The first-order valence-corrected chi connectivity index (χ1v) is 5.47. The highest BCUT2D eigenvalue weighted by Crippen LogP contribution is 2.26. The summed E-state index contributed by atoms with van der Waals surface area (Å²) in [6.07, 6.45) is 1.60. The van der Waals surface area contributed by atoms with Crippen molar-refractivity contribution in [1.82, 2.24) is 0 Å². The Hall–Kier alpha value is -1.42. The number of aliphatic hydroxyl groups is 1. The zero-order valence-electron chi connectivity index (χ0n) is 10.1. The Morgan fingerprint density at radius 3 is 2.24 bits per heavy atom. The molecule has 1 N–H and O–H groups in total. The first-order valence-electron chi connectivity index (χ1n) is 5.47. The summed E-state index contributed by atoms with van der Waals surface area (Å²) in [7, 11) is 0. The summed E-state index contributed by atoms with van der Waals surface area (Å²) in [6, 6.07) is 2.25. The number of hydrogen-bond acceptors (Lipinski definition) is 2. The molecule has 0 saturated heterocycles. The molecule has 0 spiro atoms. The Bertz CT molecular complexity index is 381. The van der Waals surface area contributed by atoms with Crippen molar-refractivity contribution in [3.8, 4) is 0 Å². The van der Waals surface area contributed by atoms with Gasteiger partial charge in [-0.05, 0) is 31.5 Å². The van der Waals surface area contributed by atoms with Crippen LogP contribution in [0.2, 0.25) is 0 Å². The van der Waals surface area contributed by atoms with Gasteiger partial charge in [0, 0.05) is 12.6 Å². The van der Waals surface area contributed by atoms with Crippen molar-refractivity contribution < 1.29 is 13.9 Å². The van der Waals surface area contributed by atoms with Gasteiger partial charge in [0.2, 0.25) is 0 Å². The van der Waals surface area contributed by atoms with Crippen molar-refractivity contribution in [1.29, 1.82) is 0 Å². The molecule has 0 unspecified atom stereocenters. The SMILES string of the molecule is C=CCN(c1c(F)cc(CO)cc1F)C(C)C. The van der Waals surface area contributed by atoms with Gasteiger partial charge < -0.3 is 10.0 Å². The lowest BCUT2D eigenvalue weighted by Gasteiger charge is -2.28. The molecule has 4 heteroatoms. The molecule has 2 nitrogen and oxygen atoms in total. The Balaban J connectivity index is 3.23. The minimum absolute atomic E-state index is 0.0445. The number of aliphatic hydroxyl groups excluding tert-OH is 1. The molecule has 0 radical (unpaired) electrons. The van der Waals surface area contributed by atoms with Crippen LogP contribution in [0, 0.1) is 11.6 Å². The van der Waals surface area contributed by atoms with Crippen molar-refractivity contribution in [2.45, 2.75) is 26.5 Å². The van der Waals surface area contributed by atoms with Gasteiger partial charge >= 0.3 is 0 Å². The predicted molar refractivity (Wildman–Crippen MR) is 65.0 cm³/mol. The molecule has 0 saturated carbocycles. The van der Waals surface area contributed by atoms with Crippen LogP contribution in [0.25, 0.3) is 0 Å². The van der Waals surface area contributed by atoms with E-state index >= 15 is 0 Å². The summed E-state index contributed by atoms with van der Waals surface area (Å²) in [5, 5.41) is 8.87. The van der Waals surface area contributed by atoms with Gasteiger partial charge in [-0.15, -0.1) is 6.58 Å². The van der Waals surface area contributed by atoms with Gasteiger partial charge in [-0.25, -0.2) is 8.78 Å². The smallest absolute Gasteiger partial charge is 0.149 e. The van der Waals surface area contributed by atoms with E-state index in [-0.39, 0.29) is 23.9 Å². The zero-order chi connectivity index (χ0) is 13.0. The van der Waals surface area contributed by atoms with Gasteiger partial charge in [0.25, 0.3) is 0 Å². The van der Waals surface area contributed by atoms with Crippen LogP contribution in [-0.2, 0) is 6.61 Å². The second-order valence-electron chi connectivity index (χ2n) is 4.10. The molecular formula is C13H17F2NO. The molecule has 0 atom stereocenters. The summed E-state index contributed by atoms with van der Waals surface area (Å²) in [5.74, 6) is -1.32. The molecule has 1 aromatic carbocycles. The van der Waals surface area contributed by atoms with E-state index in [4.69, 9.17) is 5.11 Å². The Morgan fingerprint density at radius 1 is 1.35 bits per heavy atom. The average Bonchev–Trinajstić information content (AvgIpc) is 2.26. The molecule has 0 aromatic heterocycles. The number of nitrogens with zero attached hydrogens (tertiary/aromatic N) is 1. The van der Waals surface area contributed by atoms with Gasteiger partial charge in [-0.3, -0.25) is 0 Å². The van der Waals surface area contributed by atoms with Gasteiger partial charge in [-0.1, -0.05) is 6.08 Å². The van der Waals surface area contributed by atoms with Crippen molar-refractivity contribution in [3.63, 3.8) is 0 Å². The van der Waals surface area contributed by atoms with Crippen LogP contribution in [0.3, 0.4) is 0 Å². The third-order valence-corrected chi connectivity index (χ3v) is 2.50. The third kappa shape index (κ3) is 3.03. The summed E-state index contributed by atoms with van der Waals surface area (Å²) < 4.78 is 27.6. The van der Waals surface area contributed by atoms with Gasteiger partial charge in [0.15, 0.2) is 0 Å². The molecule has 0 aliphatic carbocycles. The third-order valence-electron chi connectivity index (χ3n) is 2.50. The van der Waals surface area contributed by atoms with E-state index in [9.17, 15) is 8.78 Å². The van der Waals surface area contributed by atoms with Crippen molar-refractivity contribution in [2.75, 3.05) is 11.4 Å². The molecule has 1 rings (SSSR count). The maximum atomic E-state index is 13.8. The standard InChI is InChI=1S/C13H17F2NO/c1-4-5-16(9(2)3)13-11(14)6-10(8-17)7-12(13)15/h4,6-7,9,17H,1,5,8H2,2-3H3. The van der Waals surface area contributed by atoms with Gasteiger partial charge in [0.05, 0.1) is 6.61 Å². The average molecular weight is 241 g/mol. The minimum Gasteiger partial charge on any atom is -0.392 e. The quantitative estimate of drug-likeness (QED) is 0.801. The van der Waals surface area contributed by atoms with E-state index < -0.39 is 11.6 Å². The largest absolute Gasteiger partial charge is 0.392 e. The zero-order valence-corrected chi connectivity index (χ0v) is 10.1. The highest BCUT2D eigenvalue weighted by Gasteiger charge is 2.19. The number of anilines is 1. The molecule has 0 fully saturated rings. The fourth-order valence-electron chi connectivity index (χ4n) is 1.68. The van der Waals surface area contributed by atoms with E-state index in [1.165, 1.54) is 0 Å². The predicted octanol–water partition coefficient (Wildman–Crippen LogP) is 2.86. The molecule has 1 aromatic rings. The van der Waals surface area contributed by atoms with Crippen LogP contribution >= 0.6 is 0 Å². The number of halogens is 2. The maximum absolute atomic E-state index is 13.8. The first kappa shape index (κ1) is 13.6. The van der Waals surface area contributed by atoms with Crippen LogP contribution in [0.1, 0.15) is 19.4 Å². The molecule has 0 aliphatic rings. The summed E-state index contributed by atoms with van der Waals surface area (Å²) >= 11 is 0. The topological polar surface area (TPSA) is 23.5 Å². The van der Waals surface area contributed by atoms with E-state index in [1.807, 2.05) is 13.8 Å². The van der Waals surface area contributed by atoms with Crippen molar-refractivity contribution in [2.24, 2.45) is 0 Å². The molecule has 0 bridgehead atoms. The summed E-state index contributed by atoms with van der Waals surface area (Å²) in [4.78, 5) is 1.58. The second-order valence-corrected chi connectivity index (χ2v) is 4.10. The Kier molecular flexibility index (Phi) is 4.63. The lowest BCUT2D eigenvalue weighted by atomic mass is 10.1. The Morgan fingerprint density at radius 2 is 1.88 bits per heavy atom. The lowest BCUT2D eigenvalue weighted by Crippen LogP contribution is -2.32. The lowest BCUT2D eigenvalue weighted by molar-refractivity contribution is 0.280. The number of benzene rings is 1. The maximum Gasteiger partial charge on any atom is 0.149 e. The summed E-state index contributed by atoms with van der Waals surface area (Å²) in [6.45, 7) is 7.26. The molecule has 94 valence electrons. The highest BCUT2D eigenvalue weighted by atomic mass is 19.1. The summed E-state index contributed by atoms with van der Waals surface area (Å²) in [5.41, 5.74) is 0.156. The van der Waals surface area contributed by atoms with Crippen LogP contribution < -0.4 is 4.90 Å². The van der Waals surface area contributed by atoms with E-state index in [2.05, 4.69) is 6.58 Å². The van der Waals surface area contributed by atoms with Crippen molar-refractivity contribution in [3.05, 3.63) is 42.0 Å². The van der Waals surface area contributed by atoms with Gasteiger partial charge in [-0.2, -0.15) is 0 Å². The first-order chi connectivity index (χ1) is 8.01. The van der Waals surface area contributed by atoms with Crippen molar-refractivity contribution >= 4 is 5.69 Å². The molecule has 0 amide bonds. The van der Waals surface area contributed by atoms with E-state index in [0.29, 0.717) is 6.54 Å².